The molecule has 1 heterocycles. The van der Waals surface area contributed by atoms with Gasteiger partial charge >= 0.3 is 0 Å². The topological polar surface area (TPSA) is 84.5 Å². The molecule has 7 heteroatoms. The van der Waals surface area contributed by atoms with Crippen molar-refractivity contribution in [1.29, 1.82) is 0 Å². The molecule has 0 bridgehead atoms. The smallest absolute Gasteiger partial charge is 0.238 e. The van der Waals surface area contributed by atoms with Crippen LogP contribution in [-0.2, 0) is 16.6 Å². The van der Waals surface area contributed by atoms with Crippen LogP contribution in [0.25, 0.3) is 0 Å². The lowest BCUT2D eigenvalue weighted by Gasteiger charge is -2.11. The van der Waals surface area contributed by atoms with Crippen LogP contribution in [0.15, 0.2) is 34.2 Å². The first-order chi connectivity index (χ1) is 9.84. The molecule has 3 N–H and O–H groups in total. The number of nitrogens with two attached hydrogens (primary N) is 1. The average Bonchev–Trinajstić information content (AvgIpc) is 2.82. The lowest BCUT2D eigenvalue weighted by molar-refractivity contribution is 0.502. The second-order valence-electron chi connectivity index (χ2n) is 5.59. The molecule has 0 aliphatic carbocycles. The average molecular weight is 327 g/mol. The van der Waals surface area contributed by atoms with E-state index in [0.29, 0.717) is 18.5 Å². The van der Waals surface area contributed by atoms with Crippen molar-refractivity contribution < 1.29 is 8.42 Å². The maximum atomic E-state index is 11.2. The Morgan fingerprint density at radius 2 is 2.05 bits per heavy atom. The van der Waals surface area contributed by atoms with Gasteiger partial charge in [-0.3, -0.25) is 4.99 Å². The maximum Gasteiger partial charge on any atom is 0.238 e. The lowest BCUT2D eigenvalue weighted by atomic mass is 10.1. The number of hydrogen-bond donors (Lipinski definition) is 2. The van der Waals surface area contributed by atoms with Crippen LogP contribution in [0.4, 0.5) is 0 Å². The molecule has 5 nitrogen and oxygen atoms in total. The van der Waals surface area contributed by atoms with Gasteiger partial charge in [-0.25, -0.2) is 13.6 Å². The Hall–Kier alpha value is -1.05. The van der Waals surface area contributed by atoms with E-state index in [4.69, 9.17) is 5.14 Å². The molecule has 1 aromatic carbocycles. The summed E-state index contributed by atoms with van der Waals surface area (Å²) in [6, 6.07) is 7.02. The van der Waals surface area contributed by atoms with Crippen molar-refractivity contribution in [1.82, 2.24) is 5.32 Å². The van der Waals surface area contributed by atoms with E-state index < -0.39 is 10.0 Å². The molecule has 1 atom stereocenters. The summed E-state index contributed by atoms with van der Waals surface area (Å²) in [4.78, 5) is 4.66. The van der Waals surface area contributed by atoms with E-state index in [1.807, 2.05) is 0 Å². The van der Waals surface area contributed by atoms with Crippen LogP contribution in [0.5, 0.6) is 0 Å². The fourth-order valence-electron chi connectivity index (χ4n) is 2.17. The molecule has 0 amide bonds. The molecule has 0 saturated carbocycles. The summed E-state index contributed by atoms with van der Waals surface area (Å²) in [6.45, 7) is 4.97. The monoisotopic (exact) mass is 327 g/mol. The summed E-state index contributed by atoms with van der Waals surface area (Å²) >= 11 is 1.74. The number of amidine groups is 1. The van der Waals surface area contributed by atoms with Crippen molar-refractivity contribution >= 4 is 27.0 Å². The Bertz CT molecular complexity index is 610. The predicted molar refractivity (Wildman–Crippen MR) is 87.8 cm³/mol. The Kier molecular flexibility index (Phi) is 5.29. The molecule has 1 aromatic rings. The summed E-state index contributed by atoms with van der Waals surface area (Å²) in [5.41, 5.74) is 0.963. The van der Waals surface area contributed by atoms with Gasteiger partial charge in [-0.15, -0.1) is 0 Å². The van der Waals surface area contributed by atoms with E-state index in [1.165, 1.54) is 12.1 Å². The number of hydrogen-bond acceptors (Lipinski definition) is 4. The van der Waals surface area contributed by atoms with Gasteiger partial charge in [0.1, 0.15) is 0 Å². The zero-order valence-electron chi connectivity index (χ0n) is 12.2. The first kappa shape index (κ1) is 16.3. The first-order valence-corrected chi connectivity index (χ1v) is 9.43. The zero-order chi connectivity index (χ0) is 15.5. The van der Waals surface area contributed by atoms with Crippen molar-refractivity contribution in [3.8, 4) is 0 Å². The second kappa shape index (κ2) is 6.81. The van der Waals surface area contributed by atoms with E-state index in [2.05, 4.69) is 24.2 Å². The Balaban J connectivity index is 1.93. The highest BCUT2D eigenvalue weighted by Crippen LogP contribution is 2.19. The number of sulfonamides is 1. The van der Waals surface area contributed by atoms with Crippen LogP contribution < -0.4 is 10.5 Å². The van der Waals surface area contributed by atoms with Gasteiger partial charge in [0.15, 0.2) is 5.17 Å². The molecule has 2 rings (SSSR count). The quantitative estimate of drug-likeness (QED) is 0.865. The molecule has 1 aliphatic rings. The Morgan fingerprint density at radius 1 is 1.38 bits per heavy atom. The lowest BCUT2D eigenvalue weighted by Crippen LogP contribution is -2.28. The van der Waals surface area contributed by atoms with Crippen molar-refractivity contribution in [3.63, 3.8) is 0 Å². The van der Waals surface area contributed by atoms with Crippen molar-refractivity contribution in [3.05, 3.63) is 29.8 Å². The fourth-order valence-corrected chi connectivity index (χ4v) is 3.67. The molecule has 1 saturated heterocycles. The minimum absolute atomic E-state index is 0.129. The highest BCUT2D eigenvalue weighted by molar-refractivity contribution is 8.14. The normalized spacial score (nSPS) is 21.0. The predicted octanol–water partition coefficient (Wildman–Crippen LogP) is 1.94. The molecule has 0 aromatic heterocycles. The molecule has 1 unspecified atom stereocenters. The highest BCUT2D eigenvalue weighted by Gasteiger charge is 2.20. The van der Waals surface area contributed by atoms with Crippen LogP contribution in [0.2, 0.25) is 0 Å². The van der Waals surface area contributed by atoms with E-state index >= 15 is 0 Å². The highest BCUT2D eigenvalue weighted by atomic mass is 32.2. The number of benzene rings is 1. The maximum absolute atomic E-state index is 11.2. The number of rotatable bonds is 5. The number of thioether (sulfide) groups is 1. The minimum atomic E-state index is -3.62. The van der Waals surface area contributed by atoms with Gasteiger partial charge in [-0.05, 0) is 30.0 Å². The Morgan fingerprint density at radius 3 is 2.62 bits per heavy atom. The van der Waals surface area contributed by atoms with Crippen molar-refractivity contribution in [2.24, 2.45) is 16.0 Å². The molecule has 116 valence electrons. The number of primary sulfonamides is 1. The summed E-state index contributed by atoms with van der Waals surface area (Å²) < 4.78 is 22.3. The Labute approximate surface area is 130 Å². The zero-order valence-corrected chi connectivity index (χ0v) is 13.9. The molecule has 21 heavy (non-hydrogen) atoms. The number of aliphatic imine (C=N–C) groups is 1. The van der Waals surface area contributed by atoms with Crippen LogP contribution in [-0.4, -0.2) is 25.4 Å². The standard InChI is InChI=1S/C14H21N3O2S2/c1-10(2)7-12-9-20-14(17-12)16-8-11-3-5-13(6-4-11)21(15,18)19/h3-6,10,12H,7-9H2,1-2H3,(H,16,17)(H2,15,18,19). The second-order valence-corrected chi connectivity index (χ2v) is 8.16. The third-order valence-electron chi connectivity index (χ3n) is 3.16. The van der Waals surface area contributed by atoms with Crippen molar-refractivity contribution in [2.45, 2.75) is 37.8 Å². The van der Waals surface area contributed by atoms with Crippen LogP contribution in [0.1, 0.15) is 25.8 Å². The minimum Gasteiger partial charge on any atom is -0.361 e. The van der Waals surface area contributed by atoms with E-state index in [-0.39, 0.29) is 4.90 Å². The molecule has 1 aliphatic heterocycles. The summed E-state index contributed by atoms with van der Waals surface area (Å²) in [5, 5.41) is 9.46. The largest absolute Gasteiger partial charge is 0.361 e. The van der Waals surface area contributed by atoms with Gasteiger partial charge in [0.25, 0.3) is 0 Å². The summed E-state index contributed by atoms with van der Waals surface area (Å²) in [7, 11) is -3.62. The summed E-state index contributed by atoms with van der Waals surface area (Å²) in [6.07, 6.45) is 1.15. The van der Waals surface area contributed by atoms with Crippen LogP contribution in [0.3, 0.4) is 0 Å². The molecular weight excluding hydrogens is 306 g/mol. The van der Waals surface area contributed by atoms with Crippen LogP contribution >= 0.6 is 11.8 Å². The third kappa shape index (κ3) is 5.01. The van der Waals surface area contributed by atoms with Gasteiger partial charge in [0.05, 0.1) is 11.4 Å². The molecular formula is C14H21N3O2S2. The van der Waals surface area contributed by atoms with Gasteiger partial charge in [0.2, 0.25) is 10.0 Å². The SMILES string of the molecule is CC(C)CC1CSC(=NCc2ccc(S(N)(=O)=O)cc2)N1. The van der Waals surface area contributed by atoms with Gasteiger partial charge in [-0.1, -0.05) is 37.7 Å². The van der Waals surface area contributed by atoms with Gasteiger partial charge in [0, 0.05) is 11.8 Å². The summed E-state index contributed by atoms with van der Waals surface area (Å²) in [5.74, 6) is 1.73. The van der Waals surface area contributed by atoms with Gasteiger partial charge < -0.3 is 5.32 Å². The molecule has 0 spiro atoms. The van der Waals surface area contributed by atoms with E-state index in [9.17, 15) is 8.42 Å². The number of nitrogens with one attached hydrogen (secondary N) is 1. The fraction of sp³-hybridized carbons (Fsp3) is 0.500. The number of nitrogens with zero attached hydrogens (tertiary/aromatic N) is 1. The first-order valence-electron chi connectivity index (χ1n) is 6.90. The molecule has 1 fully saturated rings. The molecule has 0 radical (unpaired) electrons. The van der Waals surface area contributed by atoms with E-state index in [1.54, 1.807) is 23.9 Å². The van der Waals surface area contributed by atoms with Gasteiger partial charge in [-0.2, -0.15) is 0 Å². The van der Waals surface area contributed by atoms with E-state index in [0.717, 1.165) is 22.9 Å². The third-order valence-corrected chi connectivity index (χ3v) is 5.18. The van der Waals surface area contributed by atoms with Crippen molar-refractivity contribution in [2.75, 3.05) is 5.75 Å². The van der Waals surface area contributed by atoms with Crippen LogP contribution in [0, 0.1) is 5.92 Å².